The minimum atomic E-state index is -0.541. The van der Waals surface area contributed by atoms with Crippen LogP contribution in [0.15, 0.2) is 53.9 Å². The third kappa shape index (κ3) is 5.45. The number of amides is 2. The Morgan fingerprint density at radius 2 is 1.80 bits per heavy atom. The zero-order valence-corrected chi connectivity index (χ0v) is 16.4. The maximum atomic E-state index is 13.6. The number of carbonyl (C=O) groups is 2. The molecule has 1 heterocycles. The summed E-state index contributed by atoms with van der Waals surface area (Å²) >= 11 is 1.22. The van der Waals surface area contributed by atoms with E-state index in [2.05, 4.69) is 15.6 Å². The minimum Gasteiger partial charge on any atom is -0.350 e. The quantitative estimate of drug-likeness (QED) is 0.423. The van der Waals surface area contributed by atoms with Gasteiger partial charge in [-0.2, -0.15) is 0 Å². The highest BCUT2D eigenvalue weighted by atomic mass is 32.1. The van der Waals surface area contributed by atoms with Crippen molar-refractivity contribution in [1.82, 2.24) is 15.6 Å². The van der Waals surface area contributed by atoms with Gasteiger partial charge in [0.25, 0.3) is 17.5 Å². The molecule has 2 N–H and O–H groups in total. The fraction of sp³-hybridized carbons (Fsp3) is 0.150. The molecule has 0 bridgehead atoms. The van der Waals surface area contributed by atoms with E-state index in [1.807, 2.05) is 0 Å². The summed E-state index contributed by atoms with van der Waals surface area (Å²) in [6.07, 6.45) is 0.362. The van der Waals surface area contributed by atoms with E-state index >= 15 is 0 Å². The van der Waals surface area contributed by atoms with Gasteiger partial charge >= 0.3 is 0 Å². The van der Waals surface area contributed by atoms with Gasteiger partial charge in [-0.15, -0.1) is 11.3 Å². The molecule has 0 spiro atoms. The van der Waals surface area contributed by atoms with Crippen LogP contribution in [0.4, 0.5) is 10.1 Å². The van der Waals surface area contributed by atoms with Crippen molar-refractivity contribution in [2.45, 2.75) is 13.0 Å². The van der Waals surface area contributed by atoms with Gasteiger partial charge in [0.1, 0.15) is 16.5 Å². The molecule has 0 saturated heterocycles. The number of thiazole rings is 1. The van der Waals surface area contributed by atoms with Gasteiger partial charge in [-0.3, -0.25) is 19.7 Å². The number of aromatic nitrogens is 1. The highest BCUT2D eigenvalue weighted by molar-refractivity contribution is 7.09. The van der Waals surface area contributed by atoms with E-state index in [0.717, 1.165) is 0 Å². The van der Waals surface area contributed by atoms with Crippen LogP contribution in [-0.4, -0.2) is 28.3 Å². The van der Waals surface area contributed by atoms with Crippen molar-refractivity contribution < 1.29 is 18.9 Å². The summed E-state index contributed by atoms with van der Waals surface area (Å²) < 4.78 is 13.6. The number of non-ortho nitro benzene ring substituents is 1. The Balaban J connectivity index is 1.48. The lowest BCUT2D eigenvalue weighted by Crippen LogP contribution is -2.26. The van der Waals surface area contributed by atoms with Crippen molar-refractivity contribution in [3.63, 3.8) is 0 Å². The largest absolute Gasteiger partial charge is 0.350 e. The molecule has 0 radical (unpaired) electrons. The zero-order chi connectivity index (χ0) is 21.5. The molecule has 2 amide bonds. The van der Waals surface area contributed by atoms with Crippen LogP contribution >= 0.6 is 11.3 Å². The molecule has 30 heavy (non-hydrogen) atoms. The molecule has 0 unspecified atom stereocenters. The standard InChI is InChI=1S/C20H17FN4O4S/c21-16-4-2-1-3-13(16)9-10-22-20(27)17-12-30-18(24-17)11-23-19(26)14-5-7-15(8-6-14)25(28)29/h1-8,12H,9-11H2,(H,22,27)(H,23,26). The number of halogens is 1. The second-order valence-corrected chi connectivity index (χ2v) is 7.15. The van der Waals surface area contributed by atoms with Gasteiger partial charge in [0, 0.05) is 29.6 Å². The van der Waals surface area contributed by atoms with Crippen molar-refractivity contribution in [2.75, 3.05) is 6.54 Å². The molecule has 0 aliphatic rings. The van der Waals surface area contributed by atoms with Crippen molar-refractivity contribution in [3.8, 4) is 0 Å². The van der Waals surface area contributed by atoms with Gasteiger partial charge in [0.2, 0.25) is 0 Å². The molecule has 1 aromatic heterocycles. The van der Waals surface area contributed by atoms with Crippen LogP contribution in [0.25, 0.3) is 0 Å². The normalized spacial score (nSPS) is 10.4. The summed E-state index contributed by atoms with van der Waals surface area (Å²) in [5.74, 6) is -1.10. The van der Waals surface area contributed by atoms with Crippen molar-refractivity contribution in [1.29, 1.82) is 0 Å². The predicted octanol–water partition coefficient (Wildman–Crippen LogP) is 3.09. The lowest BCUT2D eigenvalue weighted by atomic mass is 10.1. The van der Waals surface area contributed by atoms with Crippen LogP contribution < -0.4 is 10.6 Å². The molecule has 0 fully saturated rings. The van der Waals surface area contributed by atoms with Crippen LogP contribution in [0.1, 0.15) is 31.4 Å². The Bertz CT molecular complexity index is 1070. The van der Waals surface area contributed by atoms with Crippen LogP contribution in [0.3, 0.4) is 0 Å². The number of carbonyl (C=O) groups excluding carboxylic acids is 2. The maximum absolute atomic E-state index is 13.6. The highest BCUT2D eigenvalue weighted by Gasteiger charge is 2.13. The molecule has 154 valence electrons. The van der Waals surface area contributed by atoms with E-state index in [0.29, 0.717) is 17.0 Å². The molecule has 0 saturated carbocycles. The fourth-order valence-corrected chi connectivity index (χ4v) is 3.31. The molecule has 10 heteroatoms. The highest BCUT2D eigenvalue weighted by Crippen LogP contribution is 2.13. The maximum Gasteiger partial charge on any atom is 0.270 e. The Morgan fingerprint density at radius 3 is 2.50 bits per heavy atom. The van der Waals surface area contributed by atoms with Gasteiger partial charge in [-0.05, 0) is 30.2 Å². The lowest BCUT2D eigenvalue weighted by Gasteiger charge is -2.05. The van der Waals surface area contributed by atoms with Crippen LogP contribution in [0.2, 0.25) is 0 Å². The Kier molecular flexibility index (Phi) is 6.81. The van der Waals surface area contributed by atoms with Crippen molar-refractivity contribution in [2.24, 2.45) is 0 Å². The number of nitro benzene ring substituents is 1. The predicted molar refractivity (Wildman–Crippen MR) is 109 cm³/mol. The van der Waals surface area contributed by atoms with Crippen LogP contribution in [-0.2, 0) is 13.0 Å². The average Bonchev–Trinajstić information content (AvgIpc) is 3.22. The van der Waals surface area contributed by atoms with E-state index in [-0.39, 0.29) is 41.8 Å². The first-order valence-electron chi connectivity index (χ1n) is 8.92. The number of benzene rings is 2. The Hall–Kier alpha value is -3.66. The minimum absolute atomic E-state index is 0.0999. The fourth-order valence-electron chi connectivity index (χ4n) is 2.59. The molecule has 3 aromatic rings. The summed E-state index contributed by atoms with van der Waals surface area (Å²) in [5, 5.41) is 18.1. The molecule has 0 atom stereocenters. The average molecular weight is 428 g/mol. The summed E-state index contributed by atoms with van der Waals surface area (Å²) in [6, 6.07) is 11.6. The lowest BCUT2D eigenvalue weighted by molar-refractivity contribution is -0.384. The van der Waals surface area contributed by atoms with Gasteiger partial charge < -0.3 is 10.6 Å². The number of rotatable bonds is 8. The molecular weight excluding hydrogens is 411 g/mol. The number of nitrogens with one attached hydrogen (secondary N) is 2. The Morgan fingerprint density at radius 1 is 1.07 bits per heavy atom. The van der Waals surface area contributed by atoms with Gasteiger partial charge in [0.05, 0.1) is 11.5 Å². The number of hydrogen-bond acceptors (Lipinski definition) is 6. The summed E-state index contributed by atoms with van der Waals surface area (Å²) in [6.45, 7) is 0.381. The van der Waals surface area contributed by atoms with E-state index in [1.54, 1.807) is 23.6 Å². The van der Waals surface area contributed by atoms with Crippen LogP contribution in [0.5, 0.6) is 0 Å². The van der Waals surface area contributed by atoms with E-state index in [4.69, 9.17) is 0 Å². The molecule has 0 aliphatic carbocycles. The first-order valence-corrected chi connectivity index (χ1v) is 9.80. The topological polar surface area (TPSA) is 114 Å². The SMILES string of the molecule is O=C(NCc1nc(C(=O)NCCc2ccccc2F)cs1)c1ccc([N+](=O)[O-])cc1. The van der Waals surface area contributed by atoms with Gasteiger partial charge in [0.15, 0.2) is 0 Å². The molecular formula is C20H17FN4O4S. The Labute approximate surface area is 174 Å². The summed E-state index contributed by atoms with van der Waals surface area (Å²) in [5.41, 5.74) is 0.916. The monoisotopic (exact) mass is 428 g/mol. The summed E-state index contributed by atoms with van der Waals surface area (Å²) in [4.78, 5) is 38.6. The first kappa shape index (κ1) is 21.1. The van der Waals surface area contributed by atoms with E-state index in [9.17, 15) is 24.1 Å². The van der Waals surface area contributed by atoms with E-state index in [1.165, 1.54) is 41.7 Å². The smallest absolute Gasteiger partial charge is 0.270 e. The molecule has 3 rings (SSSR count). The van der Waals surface area contributed by atoms with Crippen molar-refractivity contribution >= 4 is 28.8 Å². The van der Waals surface area contributed by atoms with Crippen molar-refractivity contribution in [3.05, 3.63) is 91.7 Å². The number of hydrogen-bond donors (Lipinski definition) is 2. The molecule has 2 aromatic carbocycles. The number of nitrogens with zero attached hydrogens (tertiary/aromatic N) is 2. The second-order valence-electron chi connectivity index (χ2n) is 6.21. The third-order valence-electron chi connectivity index (χ3n) is 4.16. The van der Waals surface area contributed by atoms with Gasteiger partial charge in [-0.25, -0.2) is 9.37 Å². The first-order chi connectivity index (χ1) is 14.4. The van der Waals surface area contributed by atoms with Crippen LogP contribution in [0, 0.1) is 15.9 Å². The molecule has 8 nitrogen and oxygen atoms in total. The van der Waals surface area contributed by atoms with Gasteiger partial charge in [-0.1, -0.05) is 18.2 Å². The number of nitro groups is 1. The second kappa shape index (κ2) is 9.70. The molecule has 0 aliphatic heterocycles. The zero-order valence-electron chi connectivity index (χ0n) is 15.6. The third-order valence-corrected chi connectivity index (χ3v) is 5.01. The van der Waals surface area contributed by atoms with E-state index < -0.39 is 10.8 Å². The summed E-state index contributed by atoms with van der Waals surface area (Å²) in [7, 11) is 0.